The Morgan fingerprint density at radius 2 is 1.23 bits per heavy atom. The molecule has 0 spiro atoms. The molecule has 16 nitrogen and oxygen atoms in total. The minimum atomic E-state index is 0.826. The van der Waals surface area contributed by atoms with Crippen LogP contribution in [0.15, 0.2) is 110 Å². The number of fused-ring (bicyclic) bond motifs is 4. The Bertz CT molecular complexity index is 2420. The summed E-state index contributed by atoms with van der Waals surface area (Å²) in [6.45, 7) is 46.9. The van der Waals surface area contributed by atoms with E-state index in [2.05, 4.69) is 95.1 Å². The van der Waals surface area contributed by atoms with Crippen LogP contribution in [0.4, 0.5) is 0 Å². The highest BCUT2D eigenvalue weighted by atomic mass is 32.1. The largest absolute Gasteiger partial charge is 0.311 e. The van der Waals surface area contributed by atoms with Crippen LogP contribution in [0.3, 0.4) is 0 Å². The SMILES string of the molecule is CC.CC.CC.CC.CC.CC.CC.Cc1cc2ccccn2n1.Cc1cc2n(n1)CCNC2.Cc1ccc2cccnc2n1.Cc1cccnn1.Cc1cn[nH]n1.Cc1cnccn1.Cc1nc2c(s1)CNCC2. The third-order valence-corrected chi connectivity index (χ3v) is 9.54. The summed E-state index contributed by atoms with van der Waals surface area (Å²) in [7, 11) is 0. The summed E-state index contributed by atoms with van der Waals surface area (Å²) in [5.74, 6) is 0. The third kappa shape index (κ3) is 33.0. The summed E-state index contributed by atoms with van der Waals surface area (Å²) in [6.07, 6.45) is 13.2. The van der Waals surface area contributed by atoms with Gasteiger partial charge < -0.3 is 10.6 Å². The fourth-order valence-electron chi connectivity index (χ4n) is 5.72. The van der Waals surface area contributed by atoms with Crippen molar-refractivity contribution in [3.05, 3.63) is 166 Å². The summed E-state index contributed by atoms with van der Waals surface area (Å²) in [5.41, 5.74) is 10.7. The third-order valence-electron chi connectivity index (χ3n) is 8.53. The van der Waals surface area contributed by atoms with Crippen LogP contribution in [0.2, 0.25) is 0 Å². The van der Waals surface area contributed by atoms with Gasteiger partial charge >= 0.3 is 0 Å². The number of hydrogen-bond acceptors (Lipinski definition) is 14. The molecule has 0 radical (unpaired) electrons. The lowest BCUT2D eigenvalue weighted by Gasteiger charge is -2.13. The van der Waals surface area contributed by atoms with Gasteiger partial charge in [0.2, 0.25) is 0 Å². The maximum absolute atomic E-state index is 4.43. The van der Waals surface area contributed by atoms with Crippen molar-refractivity contribution in [1.29, 1.82) is 0 Å². The molecule has 2 aliphatic rings. The van der Waals surface area contributed by atoms with Crippen LogP contribution in [0.1, 0.15) is 152 Å². The molecule has 0 unspecified atom stereocenters. The molecule has 9 aromatic rings. The van der Waals surface area contributed by atoms with Crippen LogP contribution in [0, 0.1) is 48.5 Å². The van der Waals surface area contributed by atoms with Crippen molar-refractivity contribution in [3.63, 3.8) is 0 Å². The zero-order chi connectivity index (χ0) is 57.2. The quantitative estimate of drug-likeness (QED) is 0.130. The summed E-state index contributed by atoms with van der Waals surface area (Å²) in [5, 5.41) is 34.5. The van der Waals surface area contributed by atoms with Gasteiger partial charge in [-0.1, -0.05) is 103 Å². The molecule has 0 atom stereocenters. The number of aryl methyl sites for hydroxylation is 7. The molecule has 0 fully saturated rings. The molecular formula is C58H96N16S. The zero-order valence-corrected chi connectivity index (χ0v) is 50.7. The van der Waals surface area contributed by atoms with Gasteiger partial charge in [0.15, 0.2) is 5.65 Å². The Kier molecular flexibility index (Phi) is 47.9. The average molecular weight is 1050 g/mol. The lowest BCUT2D eigenvalue weighted by molar-refractivity contribution is 0.474. The van der Waals surface area contributed by atoms with Gasteiger partial charge in [-0.05, 0) is 109 Å². The van der Waals surface area contributed by atoms with Crippen LogP contribution < -0.4 is 10.6 Å². The van der Waals surface area contributed by atoms with Crippen molar-refractivity contribution in [2.45, 2.75) is 171 Å². The Morgan fingerprint density at radius 3 is 1.75 bits per heavy atom. The molecule has 414 valence electrons. The smallest absolute Gasteiger partial charge is 0.159 e. The van der Waals surface area contributed by atoms with Gasteiger partial charge in [-0.25, -0.2) is 19.5 Å². The number of aromatic amines is 1. The first-order valence-corrected chi connectivity index (χ1v) is 27.7. The number of nitrogens with one attached hydrogen (secondary N) is 3. The first kappa shape index (κ1) is 72.6. The van der Waals surface area contributed by atoms with Crippen molar-refractivity contribution < 1.29 is 0 Å². The maximum atomic E-state index is 4.43. The molecular weight excluding hydrogens is 953 g/mol. The number of nitrogens with zero attached hydrogens (tertiary/aromatic N) is 13. The van der Waals surface area contributed by atoms with Gasteiger partial charge in [0.05, 0.1) is 63.1 Å². The Morgan fingerprint density at radius 1 is 0.547 bits per heavy atom. The molecule has 11 rings (SSSR count). The molecule has 9 aromatic heterocycles. The minimum absolute atomic E-state index is 0.826. The predicted octanol–water partition coefficient (Wildman–Crippen LogP) is 13.8. The minimum Gasteiger partial charge on any atom is -0.311 e. The highest BCUT2D eigenvalue weighted by Gasteiger charge is 2.12. The molecule has 0 aromatic carbocycles. The summed E-state index contributed by atoms with van der Waals surface area (Å²) in [4.78, 5) is 22.0. The summed E-state index contributed by atoms with van der Waals surface area (Å²) >= 11 is 1.82. The zero-order valence-electron chi connectivity index (χ0n) is 49.9. The van der Waals surface area contributed by atoms with Crippen molar-refractivity contribution in [3.8, 4) is 0 Å². The van der Waals surface area contributed by atoms with Crippen molar-refractivity contribution in [2.75, 3.05) is 13.1 Å². The van der Waals surface area contributed by atoms with Crippen molar-refractivity contribution in [1.82, 2.24) is 80.6 Å². The van der Waals surface area contributed by atoms with E-state index in [0.717, 1.165) is 89.9 Å². The van der Waals surface area contributed by atoms with E-state index in [0.29, 0.717) is 0 Å². The first-order chi connectivity index (χ1) is 36.6. The molecule has 0 aliphatic carbocycles. The number of thiazole rings is 1. The maximum Gasteiger partial charge on any atom is 0.159 e. The summed E-state index contributed by atoms with van der Waals surface area (Å²) in [6, 6.07) is 21.9. The number of hydrogen-bond donors (Lipinski definition) is 3. The lowest BCUT2D eigenvalue weighted by Crippen LogP contribution is -2.28. The summed E-state index contributed by atoms with van der Waals surface area (Å²) < 4.78 is 3.95. The Hall–Kier alpha value is -6.69. The van der Waals surface area contributed by atoms with E-state index in [1.54, 1.807) is 37.2 Å². The van der Waals surface area contributed by atoms with Crippen LogP contribution >= 0.6 is 11.3 Å². The van der Waals surface area contributed by atoms with Gasteiger partial charge in [-0.2, -0.15) is 35.8 Å². The van der Waals surface area contributed by atoms with Gasteiger partial charge in [0, 0.05) is 85.7 Å². The predicted molar refractivity (Wildman–Crippen MR) is 319 cm³/mol. The molecule has 0 saturated carbocycles. The monoisotopic (exact) mass is 1050 g/mol. The van der Waals surface area contributed by atoms with E-state index in [4.69, 9.17) is 0 Å². The Balaban J connectivity index is -0.000000780. The van der Waals surface area contributed by atoms with E-state index in [1.165, 1.54) is 21.3 Å². The van der Waals surface area contributed by atoms with Crippen LogP contribution in [0.5, 0.6) is 0 Å². The molecule has 17 heteroatoms. The molecule has 0 amide bonds. The van der Waals surface area contributed by atoms with Crippen LogP contribution in [-0.2, 0) is 26.1 Å². The second kappa shape index (κ2) is 49.5. The molecule has 75 heavy (non-hydrogen) atoms. The normalized spacial score (nSPS) is 10.3. The van der Waals surface area contributed by atoms with Gasteiger partial charge in [0.1, 0.15) is 0 Å². The lowest BCUT2D eigenvalue weighted by atomic mass is 10.2. The topological polar surface area (TPSA) is 191 Å². The fraction of sp³-hybridized carbons (Fsp3) is 0.466. The van der Waals surface area contributed by atoms with Gasteiger partial charge in [-0.3, -0.25) is 14.6 Å². The number of pyridine rings is 3. The molecule has 0 saturated heterocycles. The van der Waals surface area contributed by atoms with Crippen molar-refractivity contribution in [2.24, 2.45) is 0 Å². The second-order valence-electron chi connectivity index (χ2n) is 13.9. The first-order valence-electron chi connectivity index (χ1n) is 26.9. The van der Waals surface area contributed by atoms with Crippen molar-refractivity contribution >= 4 is 27.9 Å². The highest BCUT2D eigenvalue weighted by Crippen LogP contribution is 2.20. The van der Waals surface area contributed by atoms with E-state index in [-0.39, 0.29) is 0 Å². The Labute approximate surface area is 456 Å². The molecule has 0 bridgehead atoms. The molecule has 3 N–H and O–H groups in total. The fourth-order valence-corrected chi connectivity index (χ4v) is 6.67. The number of H-pyrrole nitrogens is 1. The number of aromatic nitrogens is 14. The van der Waals surface area contributed by atoms with E-state index in [9.17, 15) is 0 Å². The van der Waals surface area contributed by atoms with Gasteiger partial charge in [-0.15, -0.1) is 11.3 Å². The van der Waals surface area contributed by atoms with Gasteiger partial charge in [0.25, 0.3) is 0 Å². The standard InChI is InChI=1S/C9H8N2.C8H8N2.C7H11N3.C7H10N2S.2C5H6N2.C3H5N3.7C2H6/c1-7-4-5-8-3-2-6-10-9(8)11-7;1-7-6-8-4-2-3-5-10(8)9-7;1-6-4-7-5-8-2-3-10(7)9-6;1-5-9-6-2-3-8-4-7(6)10-5;1-5-4-6-2-3-7-5;1-5-3-2-4-6-7-5;1-3-2-4-6-5-3;7*1-2/h2-6H,1H3;2-6H,1H3;4,8H,2-3,5H2,1H3;8H,2-4H2,1H3;2*2-4H,1H3;2H,1H3,(H,4,5,6);7*1-2H3. The van der Waals surface area contributed by atoms with E-state index in [1.807, 2.05) is 215 Å². The van der Waals surface area contributed by atoms with Crippen LogP contribution in [0.25, 0.3) is 16.6 Å². The van der Waals surface area contributed by atoms with E-state index < -0.39 is 0 Å². The second-order valence-corrected chi connectivity index (χ2v) is 15.2. The molecule has 2 aliphatic heterocycles. The average Bonchev–Trinajstić information content (AvgIpc) is 4.30. The highest BCUT2D eigenvalue weighted by molar-refractivity contribution is 7.11. The number of rotatable bonds is 0. The van der Waals surface area contributed by atoms with E-state index >= 15 is 0 Å². The molecule has 11 heterocycles. The van der Waals surface area contributed by atoms with Crippen LogP contribution in [-0.4, -0.2) is 83.0 Å².